The zero-order valence-corrected chi connectivity index (χ0v) is 22.8. The number of rotatable bonds is 8. The molecule has 0 spiro atoms. The molecule has 1 saturated heterocycles. The molecule has 1 unspecified atom stereocenters. The maximum atomic E-state index is 13.7. The molecular weight excluding hydrogens is 584 g/mol. The minimum absolute atomic E-state index is 0.00271. The first-order valence-electron chi connectivity index (χ1n) is 11.2. The summed E-state index contributed by atoms with van der Waals surface area (Å²) in [5.41, 5.74) is 1.28. The highest BCUT2D eigenvalue weighted by atomic mass is 79.9. The largest absolute Gasteiger partial charge is 0.465 e. The van der Waals surface area contributed by atoms with Crippen molar-refractivity contribution in [3.8, 4) is 0 Å². The second kappa shape index (κ2) is 11.1. The smallest absolute Gasteiger partial charge is 0.337 e. The number of amides is 2. The second-order valence-corrected chi connectivity index (χ2v) is 11.5. The standard InChI is InChI=1S/C26H22BrClN2O6S/c1-36-26(33)18-5-9-21(10-6-18)30-24(31)16-23(25(30)32)29(14-13-17-3-2-4-20(28)15-17)37(34,35)22-11-7-19(27)8-12-22/h2-12,15,23H,13-14,16H2,1H3. The molecule has 1 aliphatic rings. The fraction of sp³-hybridized carbons (Fsp3) is 0.192. The molecule has 2 amide bonds. The number of hydrogen-bond acceptors (Lipinski definition) is 6. The van der Waals surface area contributed by atoms with Crippen molar-refractivity contribution in [3.63, 3.8) is 0 Å². The lowest BCUT2D eigenvalue weighted by molar-refractivity contribution is -0.122. The van der Waals surface area contributed by atoms with Crippen LogP contribution in [0.3, 0.4) is 0 Å². The first-order chi connectivity index (χ1) is 17.6. The van der Waals surface area contributed by atoms with Crippen molar-refractivity contribution < 1.29 is 27.5 Å². The number of nitrogens with zero attached hydrogens (tertiary/aromatic N) is 2. The highest BCUT2D eigenvalue weighted by Crippen LogP contribution is 2.30. The van der Waals surface area contributed by atoms with Crippen molar-refractivity contribution in [2.75, 3.05) is 18.6 Å². The Morgan fingerprint density at radius 2 is 1.76 bits per heavy atom. The van der Waals surface area contributed by atoms with Gasteiger partial charge in [0.2, 0.25) is 15.9 Å². The Morgan fingerprint density at radius 3 is 2.38 bits per heavy atom. The van der Waals surface area contributed by atoms with Crippen LogP contribution in [0.25, 0.3) is 0 Å². The third kappa shape index (κ3) is 5.77. The Morgan fingerprint density at radius 1 is 1.08 bits per heavy atom. The van der Waals surface area contributed by atoms with Crippen LogP contribution >= 0.6 is 27.5 Å². The number of carbonyl (C=O) groups excluding carboxylic acids is 3. The number of benzene rings is 3. The lowest BCUT2D eigenvalue weighted by Crippen LogP contribution is -2.46. The molecule has 0 aromatic heterocycles. The van der Waals surface area contributed by atoms with Gasteiger partial charge in [0.05, 0.1) is 29.7 Å². The Labute approximate surface area is 228 Å². The van der Waals surface area contributed by atoms with Crippen LogP contribution in [0.4, 0.5) is 5.69 Å². The van der Waals surface area contributed by atoms with Gasteiger partial charge in [0, 0.05) is 16.0 Å². The number of esters is 1. The second-order valence-electron chi connectivity index (χ2n) is 8.28. The summed E-state index contributed by atoms with van der Waals surface area (Å²) in [6.07, 6.45) is -0.0367. The minimum atomic E-state index is -4.15. The number of ether oxygens (including phenoxy) is 1. The van der Waals surface area contributed by atoms with Crippen LogP contribution in [0.2, 0.25) is 5.02 Å². The van der Waals surface area contributed by atoms with Gasteiger partial charge in [0.1, 0.15) is 6.04 Å². The molecular formula is C26H22BrClN2O6S. The normalized spacial score (nSPS) is 15.9. The van der Waals surface area contributed by atoms with E-state index in [0.717, 1.165) is 14.8 Å². The molecule has 0 aliphatic carbocycles. The monoisotopic (exact) mass is 604 g/mol. The molecule has 192 valence electrons. The van der Waals surface area contributed by atoms with E-state index in [2.05, 4.69) is 20.7 Å². The third-order valence-electron chi connectivity index (χ3n) is 5.95. The predicted octanol–water partition coefficient (Wildman–Crippen LogP) is 4.45. The fourth-order valence-corrected chi connectivity index (χ4v) is 6.15. The number of imide groups is 1. The van der Waals surface area contributed by atoms with Crippen LogP contribution in [0.1, 0.15) is 22.3 Å². The zero-order valence-electron chi connectivity index (χ0n) is 19.6. The summed E-state index contributed by atoms with van der Waals surface area (Å²) in [7, 11) is -2.90. The lowest BCUT2D eigenvalue weighted by Gasteiger charge is -2.27. The molecule has 1 fully saturated rings. The highest BCUT2D eigenvalue weighted by molar-refractivity contribution is 9.10. The molecule has 37 heavy (non-hydrogen) atoms. The summed E-state index contributed by atoms with van der Waals surface area (Å²) in [4.78, 5) is 39.2. The van der Waals surface area contributed by atoms with E-state index in [0.29, 0.717) is 9.50 Å². The fourth-order valence-electron chi connectivity index (χ4n) is 4.09. The molecule has 11 heteroatoms. The summed E-state index contributed by atoms with van der Waals surface area (Å²) >= 11 is 9.38. The van der Waals surface area contributed by atoms with Crippen LogP contribution in [0.15, 0.2) is 82.2 Å². The van der Waals surface area contributed by atoms with Crippen LogP contribution in [-0.2, 0) is 30.8 Å². The van der Waals surface area contributed by atoms with Crippen molar-refractivity contribution in [2.24, 2.45) is 0 Å². The molecule has 0 radical (unpaired) electrons. The van der Waals surface area contributed by atoms with Gasteiger partial charge in [-0.1, -0.05) is 39.7 Å². The van der Waals surface area contributed by atoms with Gasteiger partial charge in [-0.05, 0) is 72.6 Å². The predicted molar refractivity (Wildman–Crippen MR) is 142 cm³/mol. The summed E-state index contributed by atoms with van der Waals surface area (Å²) in [6.45, 7) is -0.0441. The van der Waals surface area contributed by atoms with Crippen LogP contribution in [-0.4, -0.2) is 50.2 Å². The summed E-state index contributed by atoms with van der Waals surface area (Å²) < 4.78 is 33.9. The van der Waals surface area contributed by atoms with E-state index >= 15 is 0 Å². The van der Waals surface area contributed by atoms with Gasteiger partial charge < -0.3 is 4.74 Å². The molecule has 8 nitrogen and oxygen atoms in total. The van der Waals surface area contributed by atoms with Crippen LogP contribution in [0, 0.1) is 0 Å². The molecule has 0 saturated carbocycles. The molecule has 0 N–H and O–H groups in total. The van der Waals surface area contributed by atoms with E-state index in [1.807, 2.05) is 6.07 Å². The van der Waals surface area contributed by atoms with E-state index < -0.39 is 33.8 Å². The van der Waals surface area contributed by atoms with Crippen molar-refractivity contribution >= 4 is 61.0 Å². The van der Waals surface area contributed by atoms with Gasteiger partial charge in [0.15, 0.2) is 0 Å². The average molecular weight is 606 g/mol. The first-order valence-corrected chi connectivity index (χ1v) is 13.8. The van der Waals surface area contributed by atoms with Crippen LogP contribution < -0.4 is 4.90 Å². The lowest BCUT2D eigenvalue weighted by atomic mass is 10.1. The Balaban J connectivity index is 1.67. The maximum Gasteiger partial charge on any atom is 0.337 e. The summed E-state index contributed by atoms with van der Waals surface area (Å²) in [5.74, 6) is -1.77. The molecule has 1 aliphatic heterocycles. The van der Waals surface area contributed by atoms with Crippen LogP contribution in [0.5, 0.6) is 0 Å². The Hall–Kier alpha value is -3.05. The first kappa shape index (κ1) is 27.0. The zero-order chi connectivity index (χ0) is 26.7. The quantitative estimate of drug-likeness (QED) is 0.278. The number of methoxy groups -OCH3 is 1. The molecule has 0 bridgehead atoms. The van der Waals surface area contributed by atoms with Crippen molar-refractivity contribution in [1.29, 1.82) is 0 Å². The van der Waals surface area contributed by atoms with Gasteiger partial charge in [-0.25, -0.2) is 18.1 Å². The maximum absolute atomic E-state index is 13.7. The Bertz CT molecular complexity index is 1440. The minimum Gasteiger partial charge on any atom is -0.465 e. The molecule has 3 aromatic rings. The van der Waals surface area contributed by atoms with Gasteiger partial charge in [0.25, 0.3) is 5.91 Å². The molecule has 1 atom stereocenters. The number of sulfonamides is 1. The van der Waals surface area contributed by atoms with E-state index in [9.17, 15) is 22.8 Å². The number of hydrogen-bond donors (Lipinski definition) is 0. The van der Waals surface area contributed by atoms with E-state index in [1.165, 1.54) is 43.5 Å². The third-order valence-corrected chi connectivity index (χ3v) is 8.63. The molecule has 3 aromatic carbocycles. The van der Waals surface area contributed by atoms with E-state index in [-0.39, 0.29) is 35.5 Å². The SMILES string of the molecule is COC(=O)c1ccc(N2C(=O)CC(N(CCc3cccc(Cl)c3)S(=O)(=O)c3ccc(Br)cc3)C2=O)cc1. The number of anilines is 1. The average Bonchev–Trinajstić information content (AvgIpc) is 3.17. The molecule has 1 heterocycles. The highest BCUT2D eigenvalue weighted by Gasteiger charge is 2.46. The molecule has 4 rings (SSSR count). The van der Waals surface area contributed by atoms with Crippen molar-refractivity contribution in [1.82, 2.24) is 4.31 Å². The van der Waals surface area contributed by atoms with Crippen molar-refractivity contribution in [3.05, 3.63) is 93.4 Å². The van der Waals surface area contributed by atoms with Crippen molar-refractivity contribution in [2.45, 2.75) is 23.8 Å². The van der Waals surface area contributed by atoms with Gasteiger partial charge in [-0.3, -0.25) is 9.59 Å². The summed E-state index contributed by atoms with van der Waals surface area (Å²) in [5, 5.41) is 0.508. The number of halogens is 2. The van der Waals surface area contributed by atoms with Gasteiger partial charge in [-0.15, -0.1) is 0 Å². The Kier molecular flexibility index (Phi) is 8.13. The van der Waals surface area contributed by atoms with E-state index in [1.54, 1.807) is 30.3 Å². The van der Waals surface area contributed by atoms with Gasteiger partial charge in [-0.2, -0.15) is 4.31 Å². The van der Waals surface area contributed by atoms with E-state index in [4.69, 9.17) is 11.6 Å². The number of carbonyl (C=O) groups is 3. The van der Waals surface area contributed by atoms with Gasteiger partial charge >= 0.3 is 5.97 Å². The summed E-state index contributed by atoms with van der Waals surface area (Å²) in [6, 6.07) is 17.6. The topological polar surface area (TPSA) is 101 Å².